The van der Waals surface area contributed by atoms with Gasteiger partial charge < -0.3 is 10.6 Å². The SMILES string of the molecule is CN=C(NCCCN(C(C)C)C(C)C)NCc1ccc(C)s1.I. The van der Waals surface area contributed by atoms with Gasteiger partial charge >= 0.3 is 0 Å². The normalized spacial score (nSPS) is 12.0. The molecule has 6 heteroatoms. The minimum atomic E-state index is 0. The van der Waals surface area contributed by atoms with Crippen molar-refractivity contribution in [3.63, 3.8) is 0 Å². The fraction of sp³-hybridized carbons (Fsp3) is 0.706. The van der Waals surface area contributed by atoms with E-state index < -0.39 is 0 Å². The molecule has 4 nitrogen and oxygen atoms in total. The van der Waals surface area contributed by atoms with Crippen molar-refractivity contribution in [1.29, 1.82) is 0 Å². The Morgan fingerprint density at radius 3 is 2.30 bits per heavy atom. The number of hydrogen-bond acceptors (Lipinski definition) is 3. The number of aliphatic imine (C=N–C) groups is 1. The number of rotatable bonds is 8. The molecule has 0 atom stereocenters. The van der Waals surface area contributed by atoms with Crippen LogP contribution in [0.25, 0.3) is 0 Å². The number of guanidine groups is 1. The lowest BCUT2D eigenvalue weighted by atomic mass is 10.2. The summed E-state index contributed by atoms with van der Waals surface area (Å²) in [5.74, 6) is 0.881. The van der Waals surface area contributed by atoms with E-state index in [-0.39, 0.29) is 24.0 Å². The Bertz CT molecular complexity index is 449. The second-order valence-corrected chi connectivity index (χ2v) is 7.52. The van der Waals surface area contributed by atoms with Crippen molar-refractivity contribution in [3.8, 4) is 0 Å². The molecular formula is C17H33IN4S. The highest BCUT2D eigenvalue weighted by atomic mass is 127. The topological polar surface area (TPSA) is 39.7 Å². The Kier molecular flexibility index (Phi) is 11.9. The third kappa shape index (κ3) is 8.91. The molecule has 0 aliphatic rings. The average molecular weight is 452 g/mol. The Morgan fingerprint density at radius 2 is 1.83 bits per heavy atom. The summed E-state index contributed by atoms with van der Waals surface area (Å²) in [7, 11) is 1.82. The molecule has 0 saturated heterocycles. The van der Waals surface area contributed by atoms with E-state index in [2.05, 4.69) is 67.3 Å². The minimum absolute atomic E-state index is 0. The van der Waals surface area contributed by atoms with Gasteiger partial charge in [-0.1, -0.05) is 0 Å². The molecule has 2 N–H and O–H groups in total. The maximum atomic E-state index is 4.28. The van der Waals surface area contributed by atoms with E-state index in [0.29, 0.717) is 12.1 Å². The molecule has 1 heterocycles. The molecule has 0 aliphatic heterocycles. The molecule has 134 valence electrons. The summed E-state index contributed by atoms with van der Waals surface area (Å²) in [6.07, 6.45) is 1.12. The van der Waals surface area contributed by atoms with Crippen molar-refractivity contribution in [2.24, 2.45) is 4.99 Å². The van der Waals surface area contributed by atoms with Gasteiger partial charge in [-0.2, -0.15) is 0 Å². The third-order valence-electron chi connectivity index (χ3n) is 3.66. The number of nitrogens with one attached hydrogen (secondary N) is 2. The second kappa shape index (κ2) is 12.1. The van der Waals surface area contributed by atoms with E-state index in [1.165, 1.54) is 9.75 Å². The number of nitrogens with zero attached hydrogens (tertiary/aromatic N) is 2. The lowest BCUT2D eigenvalue weighted by Gasteiger charge is -2.30. The Labute approximate surface area is 163 Å². The smallest absolute Gasteiger partial charge is 0.191 e. The van der Waals surface area contributed by atoms with Crippen molar-refractivity contribution in [3.05, 3.63) is 21.9 Å². The molecule has 0 radical (unpaired) electrons. The first-order valence-corrected chi connectivity index (χ1v) is 9.01. The molecule has 23 heavy (non-hydrogen) atoms. The lowest BCUT2D eigenvalue weighted by molar-refractivity contribution is 0.173. The monoisotopic (exact) mass is 452 g/mol. The Hall–Kier alpha value is -0.340. The fourth-order valence-corrected chi connectivity index (χ4v) is 3.38. The van der Waals surface area contributed by atoms with E-state index in [4.69, 9.17) is 0 Å². The molecule has 0 amide bonds. The van der Waals surface area contributed by atoms with Gasteiger partial charge in [0.25, 0.3) is 0 Å². The molecule has 0 bridgehead atoms. The van der Waals surface area contributed by atoms with Gasteiger partial charge in [-0.05, 0) is 53.2 Å². The van der Waals surface area contributed by atoms with Crippen LogP contribution < -0.4 is 10.6 Å². The van der Waals surface area contributed by atoms with Crippen LogP contribution in [0.2, 0.25) is 0 Å². The summed E-state index contributed by atoms with van der Waals surface area (Å²) in [4.78, 5) is 9.49. The highest BCUT2D eigenvalue weighted by Crippen LogP contribution is 2.14. The summed E-state index contributed by atoms with van der Waals surface area (Å²) in [6, 6.07) is 5.52. The van der Waals surface area contributed by atoms with Crippen LogP contribution in [0, 0.1) is 6.92 Å². The van der Waals surface area contributed by atoms with E-state index in [0.717, 1.165) is 32.0 Å². The van der Waals surface area contributed by atoms with Gasteiger partial charge in [0.1, 0.15) is 0 Å². The van der Waals surface area contributed by atoms with Gasteiger partial charge in [0, 0.05) is 42.0 Å². The summed E-state index contributed by atoms with van der Waals surface area (Å²) in [5, 5.41) is 6.76. The largest absolute Gasteiger partial charge is 0.356 e. The van der Waals surface area contributed by atoms with Crippen LogP contribution in [-0.2, 0) is 6.54 Å². The fourth-order valence-electron chi connectivity index (χ4n) is 2.55. The molecule has 0 aromatic carbocycles. The predicted molar refractivity (Wildman–Crippen MR) is 114 cm³/mol. The first-order chi connectivity index (χ1) is 10.4. The van der Waals surface area contributed by atoms with E-state index in [1.807, 2.05) is 18.4 Å². The first kappa shape index (κ1) is 22.7. The molecule has 0 fully saturated rings. The molecule has 0 aliphatic carbocycles. The highest BCUT2D eigenvalue weighted by molar-refractivity contribution is 14.0. The van der Waals surface area contributed by atoms with Crippen LogP contribution >= 0.6 is 35.3 Å². The van der Waals surface area contributed by atoms with Gasteiger partial charge in [-0.25, -0.2) is 0 Å². The number of aryl methyl sites for hydroxylation is 1. The van der Waals surface area contributed by atoms with Crippen LogP contribution in [0.3, 0.4) is 0 Å². The number of hydrogen-bond donors (Lipinski definition) is 2. The zero-order valence-corrected chi connectivity index (χ0v) is 18.5. The predicted octanol–water partition coefficient (Wildman–Crippen LogP) is 3.85. The maximum absolute atomic E-state index is 4.28. The van der Waals surface area contributed by atoms with E-state index >= 15 is 0 Å². The maximum Gasteiger partial charge on any atom is 0.191 e. The first-order valence-electron chi connectivity index (χ1n) is 8.19. The van der Waals surface area contributed by atoms with Crippen molar-refractivity contribution < 1.29 is 0 Å². The molecule has 1 aromatic rings. The van der Waals surface area contributed by atoms with Gasteiger partial charge in [0.2, 0.25) is 0 Å². The van der Waals surface area contributed by atoms with Crippen molar-refractivity contribution >= 4 is 41.3 Å². The molecule has 0 spiro atoms. The molecule has 0 unspecified atom stereocenters. The summed E-state index contributed by atoms with van der Waals surface area (Å²) in [5.41, 5.74) is 0. The van der Waals surface area contributed by atoms with E-state index in [9.17, 15) is 0 Å². The minimum Gasteiger partial charge on any atom is -0.356 e. The molecule has 1 aromatic heterocycles. The van der Waals surface area contributed by atoms with Gasteiger partial charge in [-0.15, -0.1) is 35.3 Å². The van der Waals surface area contributed by atoms with Crippen molar-refractivity contribution in [2.45, 2.75) is 59.7 Å². The average Bonchev–Trinajstić information content (AvgIpc) is 2.86. The lowest BCUT2D eigenvalue weighted by Crippen LogP contribution is -2.41. The van der Waals surface area contributed by atoms with Gasteiger partial charge in [0.15, 0.2) is 5.96 Å². The summed E-state index contributed by atoms with van der Waals surface area (Å²) < 4.78 is 0. The van der Waals surface area contributed by atoms with Crippen molar-refractivity contribution in [2.75, 3.05) is 20.1 Å². The zero-order valence-electron chi connectivity index (χ0n) is 15.3. The Morgan fingerprint density at radius 1 is 1.17 bits per heavy atom. The molecule has 0 saturated carbocycles. The number of thiophene rings is 1. The van der Waals surface area contributed by atoms with Crippen LogP contribution in [0.4, 0.5) is 0 Å². The highest BCUT2D eigenvalue weighted by Gasteiger charge is 2.12. The van der Waals surface area contributed by atoms with Crippen LogP contribution in [-0.4, -0.2) is 43.1 Å². The Balaban J connectivity index is 0.00000484. The number of halogens is 1. The van der Waals surface area contributed by atoms with Crippen molar-refractivity contribution in [1.82, 2.24) is 15.5 Å². The van der Waals surface area contributed by atoms with Crippen LogP contribution in [0.5, 0.6) is 0 Å². The van der Waals surface area contributed by atoms with Gasteiger partial charge in [-0.3, -0.25) is 9.89 Å². The zero-order chi connectivity index (χ0) is 16.5. The van der Waals surface area contributed by atoms with E-state index in [1.54, 1.807) is 0 Å². The summed E-state index contributed by atoms with van der Waals surface area (Å²) in [6.45, 7) is 14.1. The standard InChI is InChI=1S/C17H32N4S.HI/c1-13(2)21(14(3)4)11-7-10-19-17(18-6)20-12-16-9-8-15(5)22-16;/h8-9,13-14H,7,10-12H2,1-6H3,(H2,18,19,20);1H. The summed E-state index contributed by atoms with van der Waals surface area (Å²) >= 11 is 1.83. The second-order valence-electron chi connectivity index (χ2n) is 6.14. The molecular weight excluding hydrogens is 419 g/mol. The van der Waals surface area contributed by atoms with Crippen LogP contribution in [0.1, 0.15) is 43.9 Å². The van der Waals surface area contributed by atoms with Crippen LogP contribution in [0.15, 0.2) is 17.1 Å². The quantitative estimate of drug-likeness (QED) is 0.273. The third-order valence-corrected chi connectivity index (χ3v) is 4.66. The van der Waals surface area contributed by atoms with Gasteiger partial charge in [0.05, 0.1) is 6.54 Å². The molecule has 1 rings (SSSR count).